The normalized spacial score (nSPS) is 10.6. The fourth-order valence-electron chi connectivity index (χ4n) is 1.90. The molecule has 1 heterocycles. The first-order valence-electron chi connectivity index (χ1n) is 6.82. The average molecular weight is 379 g/mol. The van der Waals surface area contributed by atoms with Crippen LogP contribution in [0.15, 0.2) is 58.6 Å². The van der Waals surface area contributed by atoms with Crippen LogP contribution in [0.3, 0.4) is 0 Å². The second-order valence-corrected chi connectivity index (χ2v) is 6.77. The van der Waals surface area contributed by atoms with Gasteiger partial charge in [-0.3, -0.25) is 0 Å². The summed E-state index contributed by atoms with van der Waals surface area (Å²) in [5.74, 6) is 0.504. The largest absolute Gasteiger partial charge is 0.508 e. The number of nitrogens with two attached hydrogens (primary N) is 1. The summed E-state index contributed by atoms with van der Waals surface area (Å²) in [6.07, 6.45) is 3.36. The van der Waals surface area contributed by atoms with Gasteiger partial charge in [-0.05, 0) is 30.3 Å². The molecule has 0 saturated heterocycles. The Labute approximate surface area is 152 Å². The summed E-state index contributed by atoms with van der Waals surface area (Å²) in [7, 11) is 0. The molecule has 0 spiro atoms. The van der Waals surface area contributed by atoms with Crippen LogP contribution in [-0.4, -0.2) is 15.1 Å². The average Bonchev–Trinajstić information content (AvgIpc) is 2.54. The van der Waals surface area contributed by atoms with Crippen molar-refractivity contribution >= 4 is 52.3 Å². The van der Waals surface area contributed by atoms with Gasteiger partial charge in [0, 0.05) is 33.3 Å². The van der Waals surface area contributed by atoms with Crippen LogP contribution in [-0.2, 0) is 0 Å². The van der Waals surface area contributed by atoms with E-state index in [-0.39, 0.29) is 5.75 Å². The Hall–Kier alpha value is -2.15. The van der Waals surface area contributed by atoms with Crippen molar-refractivity contribution < 1.29 is 5.11 Å². The molecule has 0 atom stereocenters. The number of hydrogen-bond donors (Lipinski definition) is 3. The van der Waals surface area contributed by atoms with Gasteiger partial charge in [0.05, 0.1) is 16.4 Å². The summed E-state index contributed by atoms with van der Waals surface area (Å²) < 4.78 is 0. The third kappa shape index (κ3) is 4.03. The lowest BCUT2D eigenvalue weighted by Gasteiger charge is -2.09. The molecule has 5 nitrogen and oxygen atoms in total. The third-order valence-electron chi connectivity index (χ3n) is 3.03. The summed E-state index contributed by atoms with van der Waals surface area (Å²) in [5, 5.41) is 13.5. The van der Waals surface area contributed by atoms with E-state index in [1.807, 2.05) is 6.07 Å². The first-order valence-corrected chi connectivity index (χ1v) is 8.39. The van der Waals surface area contributed by atoms with Gasteiger partial charge < -0.3 is 16.2 Å². The van der Waals surface area contributed by atoms with Crippen molar-refractivity contribution in [3.05, 3.63) is 58.8 Å². The lowest BCUT2D eigenvalue weighted by atomic mass is 10.2. The van der Waals surface area contributed by atoms with Gasteiger partial charge in [-0.2, -0.15) is 0 Å². The quantitative estimate of drug-likeness (QED) is 0.439. The summed E-state index contributed by atoms with van der Waals surface area (Å²) in [6, 6.07) is 9.96. The van der Waals surface area contributed by atoms with Crippen LogP contribution in [0.4, 0.5) is 17.3 Å². The molecule has 1 aromatic heterocycles. The standard InChI is InChI=1S/C16H12Cl2N4OS/c17-9-1-4-15(12(18)5-9)24-11-7-20-16(21-8-11)22-14-3-2-10(23)6-13(14)19/h1-8,23H,19H2,(H,20,21,22). The Bertz CT molecular complexity index is 802. The predicted molar refractivity (Wildman–Crippen MR) is 98.4 cm³/mol. The van der Waals surface area contributed by atoms with Crippen molar-refractivity contribution in [1.82, 2.24) is 9.97 Å². The zero-order valence-electron chi connectivity index (χ0n) is 12.2. The summed E-state index contributed by atoms with van der Waals surface area (Å²) in [6.45, 7) is 0. The summed E-state index contributed by atoms with van der Waals surface area (Å²) >= 11 is 13.5. The number of halogens is 2. The number of phenols is 1. The maximum absolute atomic E-state index is 9.36. The SMILES string of the molecule is Nc1cc(O)ccc1Nc1ncc(Sc2ccc(Cl)cc2Cl)cn1. The highest BCUT2D eigenvalue weighted by Crippen LogP contribution is 2.34. The Morgan fingerprint density at radius 3 is 2.46 bits per heavy atom. The number of phenolic OH excluding ortho intramolecular Hbond substituents is 1. The second-order valence-electron chi connectivity index (χ2n) is 4.82. The Morgan fingerprint density at radius 2 is 1.79 bits per heavy atom. The Morgan fingerprint density at radius 1 is 1.04 bits per heavy atom. The summed E-state index contributed by atoms with van der Waals surface area (Å²) in [5.41, 5.74) is 6.85. The molecule has 8 heteroatoms. The van der Waals surface area contributed by atoms with E-state index in [0.717, 1.165) is 9.79 Å². The number of nitrogen functional groups attached to an aromatic ring is 1. The fourth-order valence-corrected chi connectivity index (χ4v) is 3.18. The van der Waals surface area contributed by atoms with Gasteiger partial charge in [0.25, 0.3) is 0 Å². The van der Waals surface area contributed by atoms with Crippen LogP contribution in [0.5, 0.6) is 5.75 Å². The van der Waals surface area contributed by atoms with Crippen molar-refractivity contribution in [3.63, 3.8) is 0 Å². The van der Waals surface area contributed by atoms with Gasteiger partial charge >= 0.3 is 0 Å². The number of benzene rings is 2. The lowest BCUT2D eigenvalue weighted by Crippen LogP contribution is -1.99. The van der Waals surface area contributed by atoms with E-state index in [2.05, 4.69) is 15.3 Å². The van der Waals surface area contributed by atoms with Crippen LogP contribution in [0.25, 0.3) is 0 Å². The number of nitrogens with zero attached hydrogens (tertiary/aromatic N) is 2. The topological polar surface area (TPSA) is 84.1 Å². The minimum absolute atomic E-state index is 0.102. The molecule has 0 fully saturated rings. The van der Waals surface area contributed by atoms with E-state index in [0.29, 0.717) is 27.4 Å². The van der Waals surface area contributed by atoms with Gasteiger partial charge in [-0.15, -0.1) is 0 Å². The Balaban J connectivity index is 1.73. The highest BCUT2D eigenvalue weighted by atomic mass is 35.5. The van der Waals surface area contributed by atoms with E-state index in [9.17, 15) is 5.11 Å². The van der Waals surface area contributed by atoms with Crippen LogP contribution in [0, 0.1) is 0 Å². The molecule has 0 saturated carbocycles. The number of aromatic hydroxyl groups is 1. The first-order chi connectivity index (χ1) is 11.5. The first kappa shape index (κ1) is 16.7. The van der Waals surface area contributed by atoms with E-state index in [1.165, 1.54) is 23.9 Å². The smallest absolute Gasteiger partial charge is 0.227 e. The molecule has 0 amide bonds. The lowest BCUT2D eigenvalue weighted by molar-refractivity contribution is 0.476. The van der Waals surface area contributed by atoms with Gasteiger partial charge in [-0.1, -0.05) is 35.0 Å². The molecule has 0 aliphatic rings. The zero-order valence-corrected chi connectivity index (χ0v) is 14.5. The highest BCUT2D eigenvalue weighted by Gasteiger charge is 2.06. The maximum Gasteiger partial charge on any atom is 0.227 e. The van der Waals surface area contributed by atoms with Crippen LogP contribution in [0.2, 0.25) is 10.0 Å². The molecule has 122 valence electrons. The molecular weight excluding hydrogens is 367 g/mol. The van der Waals surface area contributed by atoms with Crippen LogP contribution < -0.4 is 11.1 Å². The molecule has 0 radical (unpaired) electrons. The van der Waals surface area contributed by atoms with E-state index in [1.54, 1.807) is 30.6 Å². The molecule has 4 N–H and O–H groups in total. The minimum Gasteiger partial charge on any atom is -0.508 e. The number of aromatic nitrogens is 2. The van der Waals surface area contributed by atoms with E-state index < -0.39 is 0 Å². The molecule has 0 unspecified atom stereocenters. The van der Waals surface area contributed by atoms with Crippen molar-refractivity contribution in [2.75, 3.05) is 11.1 Å². The molecule has 0 bridgehead atoms. The van der Waals surface area contributed by atoms with Crippen molar-refractivity contribution in [2.24, 2.45) is 0 Å². The van der Waals surface area contributed by atoms with Crippen molar-refractivity contribution in [3.8, 4) is 5.75 Å². The molecule has 24 heavy (non-hydrogen) atoms. The van der Waals surface area contributed by atoms with Crippen LogP contribution >= 0.6 is 35.0 Å². The van der Waals surface area contributed by atoms with Crippen molar-refractivity contribution in [1.29, 1.82) is 0 Å². The van der Waals surface area contributed by atoms with Gasteiger partial charge in [0.1, 0.15) is 5.75 Å². The zero-order chi connectivity index (χ0) is 17.1. The van der Waals surface area contributed by atoms with Crippen molar-refractivity contribution in [2.45, 2.75) is 9.79 Å². The van der Waals surface area contributed by atoms with Gasteiger partial charge in [0.2, 0.25) is 5.95 Å². The molecule has 3 aromatic rings. The maximum atomic E-state index is 9.36. The number of anilines is 3. The van der Waals surface area contributed by atoms with E-state index in [4.69, 9.17) is 28.9 Å². The predicted octanol–water partition coefficient (Wildman–Crippen LogP) is 4.97. The molecule has 2 aromatic carbocycles. The molecular formula is C16H12Cl2N4OS. The highest BCUT2D eigenvalue weighted by molar-refractivity contribution is 7.99. The molecule has 0 aliphatic heterocycles. The van der Waals surface area contributed by atoms with Gasteiger partial charge in [0.15, 0.2) is 0 Å². The third-order valence-corrected chi connectivity index (χ3v) is 4.71. The van der Waals surface area contributed by atoms with Gasteiger partial charge in [-0.25, -0.2) is 9.97 Å². The monoisotopic (exact) mass is 378 g/mol. The summed E-state index contributed by atoms with van der Waals surface area (Å²) in [4.78, 5) is 10.2. The van der Waals surface area contributed by atoms with E-state index >= 15 is 0 Å². The fraction of sp³-hybridized carbons (Fsp3) is 0. The number of rotatable bonds is 4. The molecule has 3 rings (SSSR count). The Kier molecular flexibility index (Phi) is 4.99. The number of hydrogen-bond acceptors (Lipinski definition) is 6. The number of nitrogens with one attached hydrogen (secondary N) is 1. The van der Waals surface area contributed by atoms with Crippen LogP contribution in [0.1, 0.15) is 0 Å². The second kappa shape index (κ2) is 7.17. The molecule has 0 aliphatic carbocycles. The minimum atomic E-state index is 0.102.